The molecule has 4 nitrogen and oxygen atoms in total. The van der Waals surface area contributed by atoms with Crippen LogP contribution in [-0.4, -0.2) is 77.5 Å². The summed E-state index contributed by atoms with van der Waals surface area (Å²) in [5.41, 5.74) is 2.56. The Hall–Kier alpha value is -0.0800. The van der Waals surface area contributed by atoms with Crippen LogP contribution in [0.25, 0.3) is 0 Å². The Morgan fingerprint density at radius 2 is 0.893 bits per heavy atom. The van der Waals surface area contributed by atoms with Gasteiger partial charge >= 0.3 is 0 Å². The molecule has 2 heterocycles. The van der Waals surface area contributed by atoms with E-state index in [0.29, 0.717) is 22.6 Å². The van der Waals surface area contributed by atoms with E-state index in [9.17, 15) is 0 Å². The van der Waals surface area contributed by atoms with Gasteiger partial charge in [-0.2, -0.15) is 0 Å². The maximum Gasteiger partial charge on any atom is 0.0532 e. The Kier molecular flexibility index (Phi) is 9.16. The van der Waals surface area contributed by atoms with E-state index in [0.717, 1.165) is 26.4 Å². The summed E-state index contributed by atoms with van der Waals surface area (Å²) in [5.74, 6) is 0. The van der Waals surface area contributed by atoms with Crippen molar-refractivity contribution in [1.29, 1.82) is 0 Å². The normalized spacial score (nSPS) is 29.0. The van der Waals surface area contributed by atoms with Crippen molar-refractivity contribution in [2.75, 3.05) is 54.9 Å². The second-order valence-electron chi connectivity index (χ2n) is 7.89. The van der Waals surface area contributed by atoms with Gasteiger partial charge in [0.1, 0.15) is 0 Å². The average molecular weight is 426 g/mol. The van der Waals surface area contributed by atoms with Gasteiger partial charge in [0.05, 0.1) is 26.4 Å². The lowest BCUT2D eigenvalue weighted by Crippen LogP contribution is -2.33. The van der Waals surface area contributed by atoms with E-state index in [1.54, 1.807) is 10.6 Å². The van der Waals surface area contributed by atoms with E-state index in [4.69, 9.17) is 18.9 Å². The van der Waals surface area contributed by atoms with Gasteiger partial charge in [0.15, 0.2) is 0 Å². The number of hydrogen-bond donors (Lipinski definition) is 0. The average Bonchev–Trinajstić information content (AvgIpc) is 3.27. The summed E-state index contributed by atoms with van der Waals surface area (Å²) in [6, 6.07) is 9.28. The maximum absolute atomic E-state index is 5.63. The van der Waals surface area contributed by atoms with E-state index in [2.05, 4.69) is 24.3 Å². The molecule has 2 saturated heterocycles. The number of ether oxygens (including phenoxy) is 4. The van der Waals surface area contributed by atoms with Crippen LogP contribution in [0, 0.1) is 0 Å². The van der Waals surface area contributed by atoms with Crippen LogP contribution in [0.5, 0.6) is 0 Å². The van der Waals surface area contributed by atoms with Gasteiger partial charge in [-0.05, 0) is 36.3 Å². The molecule has 1 aromatic rings. The third-order valence-electron chi connectivity index (χ3n) is 6.11. The number of benzene rings is 1. The summed E-state index contributed by atoms with van der Waals surface area (Å²) in [5, 5.41) is 3.21. The minimum Gasteiger partial charge on any atom is -0.384 e. The molecule has 4 atom stereocenters. The SMILES string of the molecule is COC[C@@H]1CC[C@@H](COC)P1c1ccccc1P1[C@H](COC)CC[C@H]1COC. The van der Waals surface area contributed by atoms with Crippen molar-refractivity contribution in [1.82, 2.24) is 0 Å². The molecule has 1 aromatic carbocycles. The fraction of sp³-hybridized carbons (Fsp3) is 0.727. The van der Waals surface area contributed by atoms with Crippen molar-refractivity contribution in [3.8, 4) is 0 Å². The molecular weight excluding hydrogens is 390 g/mol. The molecule has 0 bridgehead atoms. The second-order valence-corrected chi connectivity index (χ2v) is 13.4. The molecule has 0 radical (unpaired) electrons. The molecule has 0 saturated carbocycles. The first-order chi connectivity index (χ1) is 13.7. The van der Waals surface area contributed by atoms with Crippen LogP contribution >= 0.6 is 15.8 Å². The Bertz CT molecular complexity index is 521. The number of hydrogen-bond acceptors (Lipinski definition) is 4. The first kappa shape index (κ1) is 22.6. The predicted molar refractivity (Wildman–Crippen MR) is 121 cm³/mol. The van der Waals surface area contributed by atoms with Crippen LogP contribution in [0.15, 0.2) is 24.3 Å². The van der Waals surface area contributed by atoms with Gasteiger partial charge in [-0.1, -0.05) is 40.1 Å². The Balaban J connectivity index is 1.98. The van der Waals surface area contributed by atoms with Gasteiger partial charge in [0.2, 0.25) is 0 Å². The van der Waals surface area contributed by atoms with Crippen LogP contribution in [0.1, 0.15) is 25.7 Å². The summed E-state index contributed by atoms with van der Waals surface area (Å²) in [6.45, 7) is 3.45. The van der Waals surface area contributed by atoms with E-state index < -0.39 is 0 Å². The van der Waals surface area contributed by atoms with Crippen LogP contribution in [-0.2, 0) is 18.9 Å². The van der Waals surface area contributed by atoms with Gasteiger partial charge in [0, 0.05) is 51.1 Å². The summed E-state index contributed by atoms with van der Waals surface area (Å²) >= 11 is 0. The topological polar surface area (TPSA) is 36.9 Å². The quantitative estimate of drug-likeness (QED) is 0.537. The highest BCUT2D eigenvalue weighted by atomic mass is 31.1. The first-order valence-corrected chi connectivity index (χ1v) is 13.3. The second kappa shape index (κ2) is 11.3. The fourth-order valence-electron chi connectivity index (χ4n) is 5.03. The minimum absolute atomic E-state index is 0.288. The largest absolute Gasteiger partial charge is 0.384 e. The minimum atomic E-state index is -0.288. The van der Waals surface area contributed by atoms with Crippen molar-refractivity contribution >= 4 is 26.5 Å². The Labute approximate surface area is 173 Å². The molecule has 3 rings (SSSR count). The highest BCUT2D eigenvalue weighted by Gasteiger charge is 2.42. The predicted octanol–water partition coefficient (Wildman–Crippen LogP) is 3.55. The van der Waals surface area contributed by atoms with Crippen LogP contribution in [0.3, 0.4) is 0 Å². The van der Waals surface area contributed by atoms with Crippen molar-refractivity contribution in [2.45, 2.75) is 48.3 Å². The highest BCUT2D eigenvalue weighted by molar-refractivity contribution is 7.73. The molecule has 0 N–H and O–H groups in total. The monoisotopic (exact) mass is 426 g/mol. The molecule has 0 spiro atoms. The van der Waals surface area contributed by atoms with E-state index in [1.807, 2.05) is 28.4 Å². The zero-order chi connectivity index (χ0) is 19.9. The molecule has 0 unspecified atom stereocenters. The lowest BCUT2D eigenvalue weighted by atomic mass is 10.2. The third-order valence-corrected chi connectivity index (χ3v) is 13.0. The summed E-state index contributed by atoms with van der Waals surface area (Å²) in [7, 11) is 6.79. The zero-order valence-electron chi connectivity index (χ0n) is 17.8. The third kappa shape index (κ3) is 4.97. The fourth-order valence-corrected chi connectivity index (χ4v) is 12.6. The molecule has 2 aliphatic heterocycles. The van der Waals surface area contributed by atoms with Gasteiger partial charge in [0.25, 0.3) is 0 Å². The Morgan fingerprint density at radius 1 is 0.607 bits per heavy atom. The van der Waals surface area contributed by atoms with Crippen molar-refractivity contribution < 1.29 is 18.9 Å². The van der Waals surface area contributed by atoms with Gasteiger partial charge < -0.3 is 18.9 Å². The molecule has 0 amide bonds. The highest BCUT2D eigenvalue weighted by Crippen LogP contribution is 2.59. The summed E-state index contributed by atoms with van der Waals surface area (Å²) in [4.78, 5) is 0. The standard InChI is InChI=1S/C22H36O4P2/c1-23-13-17-9-10-18(14-24-2)27(17)21-7-5-6-8-22(21)28-19(15-25-3)11-12-20(28)16-26-4/h5-8,17-20H,9-16H2,1-4H3/t17-,18-,19-,20-/m0/s1. The van der Waals surface area contributed by atoms with E-state index >= 15 is 0 Å². The van der Waals surface area contributed by atoms with Gasteiger partial charge in [-0.25, -0.2) is 0 Å². The molecule has 0 aliphatic carbocycles. The lowest BCUT2D eigenvalue weighted by Gasteiger charge is -2.33. The van der Waals surface area contributed by atoms with Crippen LogP contribution < -0.4 is 10.6 Å². The van der Waals surface area contributed by atoms with Crippen molar-refractivity contribution in [2.24, 2.45) is 0 Å². The van der Waals surface area contributed by atoms with E-state index in [1.165, 1.54) is 25.7 Å². The first-order valence-electron chi connectivity index (χ1n) is 10.4. The summed E-state index contributed by atoms with van der Waals surface area (Å²) in [6.07, 6.45) is 5.01. The Morgan fingerprint density at radius 3 is 1.14 bits per heavy atom. The van der Waals surface area contributed by atoms with Crippen molar-refractivity contribution in [3.05, 3.63) is 24.3 Å². The zero-order valence-corrected chi connectivity index (χ0v) is 19.6. The van der Waals surface area contributed by atoms with E-state index in [-0.39, 0.29) is 15.8 Å². The molecule has 0 aromatic heterocycles. The molecular formula is C22H36O4P2. The summed E-state index contributed by atoms with van der Waals surface area (Å²) < 4.78 is 22.5. The maximum atomic E-state index is 5.63. The van der Waals surface area contributed by atoms with Gasteiger partial charge in [-0.15, -0.1) is 0 Å². The smallest absolute Gasteiger partial charge is 0.0532 e. The van der Waals surface area contributed by atoms with Crippen LogP contribution in [0.4, 0.5) is 0 Å². The number of methoxy groups -OCH3 is 4. The molecule has 6 heteroatoms. The number of rotatable bonds is 10. The molecule has 158 valence electrons. The van der Waals surface area contributed by atoms with Crippen molar-refractivity contribution in [3.63, 3.8) is 0 Å². The molecule has 2 aliphatic rings. The van der Waals surface area contributed by atoms with Gasteiger partial charge in [-0.3, -0.25) is 0 Å². The van der Waals surface area contributed by atoms with Crippen LogP contribution in [0.2, 0.25) is 0 Å². The molecule has 28 heavy (non-hydrogen) atoms. The molecule has 2 fully saturated rings. The lowest BCUT2D eigenvalue weighted by molar-refractivity contribution is 0.194.